The van der Waals surface area contributed by atoms with Crippen LogP contribution in [0.15, 0.2) is 11.0 Å². The Hall–Kier alpha value is -1.11. The van der Waals surface area contributed by atoms with Crippen LogP contribution in [0.4, 0.5) is 5.69 Å². The summed E-state index contributed by atoms with van der Waals surface area (Å²) in [5.41, 5.74) is 0.327. The van der Waals surface area contributed by atoms with Crippen LogP contribution in [-0.4, -0.2) is 42.1 Å². The van der Waals surface area contributed by atoms with E-state index >= 15 is 0 Å². The molecule has 1 unspecified atom stereocenters. The lowest BCUT2D eigenvalue weighted by Gasteiger charge is -2.24. The van der Waals surface area contributed by atoms with Crippen LogP contribution in [0, 0.1) is 0 Å². The van der Waals surface area contributed by atoms with E-state index in [0.29, 0.717) is 25.4 Å². The van der Waals surface area contributed by atoms with E-state index in [1.165, 1.54) is 4.68 Å². The Morgan fingerprint density at radius 1 is 1.68 bits per heavy atom. The minimum Gasteiger partial charge on any atom is -0.381 e. The lowest BCUT2D eigenvalue weighted by molar-refractivity contribution is 0.0806. The summed E-state index contributed by atoms with van der Waals surface area (Å²) in [4.78, 5) is 11.9. The summed E-state index contributed by atoms with van der Waals surface area (Å²) in [7, 11) is 0. The number of nitrogens with zero attached hydrogens (tertiary/aromatic N) is 2. The topological polar surface area (TPSA) is 68.2 Å². The Kier molecular flexibility index (Phi) is 5.18. The second kappa shape index (κ2) is 6.88. The van der Waals surface area contributed by atoms with Gasteiger partial charge in [0.25, 0.3) is 5.56 Å². The van der Waals surface area contributed by atoms with E-state index in [2.05, 4.69) is 15.7 Å². The van der Waals surface area contributed by atoms with Crippen LogP contribution in [0.1, 0.15) is 13.3 Å². The van der Waals surface area contributed by atoms with Crippen LogP contribution >= 0.6 is 11.6 Å². The third-order valence-electron chi connectivity index (χ3n) is 2.96. The van der Waals surface area contributed by atoms with E-state index in [1.807, 2.05) is 6.92 Å². The third-order valence-corrected chi connectivity index (χ3v) is 3.32. The molecule has 0 spiro atoms. The van der Waals surface area contributed by atoms with E-state index in [1.54, 1.807) is 6.20 Å². The summed E-state index contributed by atoms with van der Waals surface area (Å²) in [5, 5.41) is 10.8. The van der Waals surface area contributed by atoms with Crippen molar-refractivity contribution in [2.45, 2.75) is 25.9 Å². The van der Waals surface area contributed by atoms with Crippen molar-refractivity contribution >= 4 is 17.3 Å². The number of aromatic nitrogens is 2. The zero-order chi connectivity index (χ0) is 13.7. The van der Waals surface area contributed by atoms with E-state index in [-0.39, 0.29) is 16.6 Å². The van der Waals surface area contributed by atoms with Gasteiger partial charge >= 0.3 is 0 Å². The molecule has 1 saturated heterocycles. The van der Waals surface area contributed by atoms with Crippen LogP contribution in [0.2, 0.25) is 5.02 Å². The molecule has 2 N–H and O–H groups in total. The van der Waals surface area contributed by atoms with Crippen molar-refractivity contribution in [2.75, 3.05) is 31.6 Å². The van der Waals surface area contributed by atoms with Gasteiger partial charge in [0.15, 0.2) is 0 Å². The zero-order valence-corrected chi connectivity index (χ0v) is 11.7. The molecular formula is C12H19ClN4O2. The highest BCUT2D eigenvalue weighted by Crippen LogP contribution is 2.15. The molecule has 2 heterocycles. The van der Waals surface area contributed by atoms with Crippen molar-refractivity contribution in [1.29, 1.82) is 0 Å². The van der Waals surface area contributed by atoms with Gasteiger partial charge in [-0.25, -0.2) is 4.68 Å². The third kappa shape index (κ3) is 3.68. The van der Waals surface area contributed by atoms with Gasteiger partial charge in [-0.1, -0.05) is 18.5 Å². The summed E-state index contributed by atoms with van der Waals surface area (Å²) >= 11 is 6.06. The number of hydrogen-bond acceptors (Lipinski definition) is 5. The number of halogens is 1. The van der Waals surface area contributed by atoms with E-state index in [0.717, 1.165) is 19.6 Å². The molecule has 0 saturated carbocycles. The van der Waals surface area contributed by atoms with Crippen LogP contribution in [0.5, 0.6) is 0 Å². The minimum atomic E-state index is -0.249. The van der Waals surface area contributed by atoms with Crippen LogP contribution in [0.3, 0.4) is 0 Å². The maximum atomic E-state index is 11.9. The number of morpholine rings is 1. The van der Waals surface area contributed by atoms with Gasteiger partial charge in [-0.05, 0) is 6.42 Å². The van der Waals surface area contributed by atoms with E-state index in [9.17, 15) is 4.79 Å². The monoisotopic (exact) mass is 286 g/mol. The van der Waals surface area contributed by atoms with Crippen molar-refractivity contribution in [2.24, 2.45) is 0 Å². The van der Waals surface area contributed by atoms with Gasteiger partial charge in [0.05, 0.1) is 25.1 Å². The Balaban J connectivity index is 2.00. The number of nitrogens with one attached hydrogen (secondary N) is 2. The van der Waals surface area contributed by atoms with Crippen molar-refractivity contribution < 1.29 is 4.74 Å². The van der Waals surface area contributed by atoms with Crippen LogP contribution in [0.25, 0.3) is 0 Å². The van der Waals surface area contributed by atoms with Gasteiger partial charge in [-0.3, -0.25) is 4.79 Å². The number of anilines is 1. The highest BCUT2D eigenvalue weighted by molar-refractivity contribution is 6.32. The number of ether oxygens (including phenoxy) is 1. The van der Waals surface area contributed by atoms with E-state index < -0.39 is 0 Å². The van der Waals surface area contributed by atoms with Gasteiger partial charge < -0.3 is 15.4 Å². The Labute approximate surface area is 117 Å². The lowest BCUT2D eigenvalue weighted by atomic mass is 10.2. The maximum Gasteiger partial charge on any atom is 0.287 e. The van der Waals surface area contributed by atoms with Crippen molar-refractivity contribution in [1.82, 2.24) is 15.1 Å². The molecule has 1 aliphatic heterocycles. The molecule has 1 fully saturated rings. The second-order valence-corrected chi connectivity index (χ2v) is 4.89. The van der Waals surface area contributed by atoms with Gasteiger partial charge in [0.1, 0.15) is 5.02 Å². The van der Waals surface area contributed by atoms with Crippen molar-refractivity contribution in [3.05, 3.63) is 21.6 Å². The molecule has 106 valence electrons. The Bertz CT molecular complexity index is 471. The molecule has 6 nitrogen and oxygen atoms in total. The average Bonchev–Trinajstić information content (AvgIpc) is 2.44. The first kappa shape index (κ1) is 14.3. The molecule has 2 rings (SSSR count). The fourth-order valence-electron chi connectivity index (χ4n) is 1.94. The van der Waals surface area contributed by atoms with E-state index in [4.69, 9.17) is 16.3 Å². The van der Waals surface area contributed by atoms with Crippen LogP contribution < -0.4 is 16.2 Å². The number of rotatable bonds is 5. The highest BCUT2D eigenvalue weighted by Gasteiger charge is 2.14. The maximum absolute atomic E-state index is 11.9. The molecule has 0 aromatic carbocycles. The van der Waals surface area contributed by atoms with Crippen molar-refractivity contribution in [3.63, 3.8) is 0 Å². The summed E-state index contributed by atoms with van der Waals surface area (Å²) < 4.78 is 6.74. The number of aryl methyl sites for hydroxylation is 1. The van der Waals surface area contributed by atoms with Gasteiger partial charge in [-0.2, -0.15) is 5.10 Å². The van der Waals surface area contributed by atoms with Gasteiger partial charge in [0, 0.05) is 25.7 Å². The largest absolute Gasteiger partial charge is 0.381 e. The first-order chi connectivity index (χ1) is 9.22. The molecule has 1 aliphatic rings. The minimum absolute atomic E-state index is 0.195. The predicted molar refractivity (Wildman–Crippen MR) is 74.9 cm³/mol. The first-order valence-electron chi connectivity index (χ1n) is 6.53. The first-order valence-corrected chi connectivity index (χ1v) is 6.90. The Morgan fingerprint density at radius 2 is 2.53 bits per heavy atom. The standard InChI is InChI=1S/C12H19ClN4O2/c1-2-4-17-12(18)11(13)10(7-16-17)15-6-9-8-19-5-3-14-9/h7,9,14-15H,2-6,8H2,1H3. The molecule has 1 aromatic heterocycles. The lowest BCUT2D eigenvalue weighted by Crippen LogP contribution is -2.45. The normalized spacial score (nSPS) is 19.4. The van der Waals surface area contributed by atoms with Crippen LogP contribution in [-0.2, 0) is 11.3 Å². The summed E-state index contributed by atoms with van der Waals surface area (Å²) in [6.07, 6.45) is 2.45. The molecular weight excluding hydrogens is 268 g/mol. The van der Waals surface area contributed by atoms with Crippen molar-refractivity contribution in [3.8, 4) is 0 Å². The summed E-state index contributed by atoms with van der Waals surface area (Å²) in [5.74, 6) is 0. The second-order valence-electron chi connectivity index (χ2n) is 4.51. The quantitative estimate of drug-likeness (QED) is 0.834. The molecule has 0 amide bonds. The highest BCUT2D eigenvalue weighted by atomic mass is 35.5. The smallest absolute Gasteiger partial charge is 0.287 e. The molecule has 0 aliphatic carbocycles. The Morgan fingerprint density at radius 3 is 3.21 bits per heavy atom. The molecule has 1 aromatic rings. The molecule has 1 atom stereocenters. The molecule has 0 bridgehead atoms. The fraction of sp³-hybridized carbons (Fsp3) is 0.667. The zero-order valence-electron chi connectivity index (χ0n) is 11.0. The SMILES string of the molecule is CCCn1ncc(NCC2COCCN2)c(Cl)c1=O. The fourth-order valence-corrected chi connectivity index (χ4v) is 2.16. The predicted octanol–water partition coefficient (Wildman–Crippen LogP) is 0.707. The summed E-state index contributed by atoms with van der Waals surface area (Å²) in [6.45, 7) is 5.46. The summed E-state index contributed by atoms with van der Waals surface area (Å²) in [6, 6.07) is 0.225. The average molecular weight is 287 g/mol. The molecule has 7 heteroatoms. The van der Waals surface area contributed by atoms with Gasteiger partial charge in [0.2, 0.25) is 0 Å². The molecule has 0 radical (unpaired) electrons. The number of hydrogen-bond donors (Lipinski definition) is 2. The van der Waals surface area contributed by atoms with Gasteiger partial charge in [-0.15, -0.1) is 0 Å². The molecule has 19 heavy (non-hydrogen) atoms.